The zero-order valence-electron chi connectivity index (χ0n) is 29.7. The van der Waals surface area contributed by atoms with Crippen LogP contribution in [0.25, 0.3) is 6.08 Å². The Balaban J connectivity index is 1.00. The van der Waals surface area contributed by atoms with Crippen molar-refractivity contribution in [3.63, 3.8) is 0 Å². The van der Waals surface area contributed by atoms with Gasteiger partial charge < -0.3 is 43.7 Å². The van der Waals surface area contributed by atoms with E-state index in [0.29, 0.717) is 49.1 Å². The highest BCUT2D eigenvalue weighted by Gasteiger charge is 2.44. The van der Waals surface area contributed by atoms with Crippen LogP contribution in [0.15, 0.2) is 140 Å². The SMILES string of the molecule is O=C(/C=C/c1ccc(OCc2ccccc2)c(OCc2ccccc2)c1)OCC1OC(OCCc2cccc(OCc3ccccc3)c2)C(O)C(O)C1O. The quantitative estimate of drug-likeness (QED) is 0.0767. The smallest absolute Gasteiger partial charge is 0.330 e. The van der Waals surface area contributed by atoms with Crippen LogP contribution in [-0.2, 0) is 45.2 Å². The predicted octanol–water partition coefficient (Wildman–Crippen LogP) is 6.05. The van der Waals surface area contributed by atoms with Gasteiger partial charge in [-0.3, -0.25) is 0 Å². The molecule has 1 aliphatic heterocycles. The van der Waals surface area contributed by atoms with Crippen LogP contribution in [0, 0.1) is 0 Å². The first-order valence-corrected chi connectivity index (χ1v) is 17.8. The second-order valence-electron chi connectivity index (χ2n) is 12.8. The van der Waals surface area contributed by atoms with Crippen LogP contribution in [0.5, 0.6) is 17.2 Å². The van der Waals surface area contributed by atoms with Crippen molar-refractivity contribution in [1.82, 2.24) is 0 Å². The molecule has 1 heterocycles. The molecule has 6 rings (SSSR count). The number of esters is 1. The van der Waals surface area contributed by atoms with E-state index in [0.717, 1.165) is 22.3 Å². The van der Waals surface area contributed by atoms with Crippen molar-refractivity contribution < 1.29 is 48.5 Å². The lowest BCUT2D eigenvalue weighted by Crippen LogP contribution is -2.59. The number of aliphatic hydroxyl groups is 3. The van der Waals surface area contributed by atoms with Crippen LogP contribution in [-0.4, -0.2) is 65.2 Å². The Bertz CT molecular complexity index is 1920. The molecule has 0 radical (unpaired) electrons. The molecule has 5 unspecified atom stereocenters. The van der Waals surface area contributed by atoms with Crippen molar-refractivity contribution in [3.8, 4) is 17.2 Å². The molecule has 1 saturated heterocycles. The van der Waals surface area contributed by atoms with E-state index in [9.17, 15) is 20.1 Å². The average molecular weight is 733 g/mol. The molecule has 0 bridgehead atoms. The third-order valence-corrected chi connectivity index (χ3v) is 8.73. The monoisotopic (exact) mass is 732 g/mol. The van der Waals surface area contributed by atoms with E-state index in [1.54, 1.807) is 24.3 Å². The van der Waals surface area contributed by atoms with Gasteiger partial charge in [-0.1, -0.05) is 109 Å². The molecule has 0 spiro atoms. The van der Waals surface area contributed by atoms with Crippen LogP contribution in [0.2, 0.25) is 0 Å². The molecule has 3 N–H and O–H groups in total. The number of carbonyl (C=O) groups excluding carboxylic acids is 1. The lowest BCUT2D eigenvalue weighted by atomic mass is 9.99. The summed E-state index contributed by atoms with van der Waals surface area (Å²) in [6.45, 7) is 0.884. The van der Waals surface area contributed by atoms with Crippen molar-refractivity contribution in [1.29, 1.82) is 0 Å². The number of aliphatic hydroxyl groups excluding tert-OH is 3. The summed E-state index contributed by atoms with van der Waals surface area (Å²) in [6, 6.07) is 42.3. The summed E-state index contributed by atoms with van der Waals surface area (Å²) in [4.78, 5) is 12.7. The molecule has 5 aromatic rings. The van der Waals surface area contributed by atoms with E-state index in [1.165, 1.54) is 6.08 Å². The Morgan fingerprint density at radius 3 is 1.85 bits per heavy atom. The molecule has 10 nitrogen and oxygen atoms in total. The van der Waals surface area contributed by atoms with Gasteiger partial charge >= 0.3 is 5.97 Å². The number of ether oxygens (including phenoxy) is 6. The second kappa shape index (κ2) is 19.5. The molecular formula is C44H44O10. The van der Waals surface area contributed by atoms with Crippen molar-refractivity contribution in [3.05, 3.63) is 167 Å². The molecule has 1 fully saturated rings. The Morgan fingerprint density at radius 1 is 0.611 bits per heavy atom. The first-order chi connectivity index (χ1) is 26.4. The second-order valence-corrected chi connectivity index (χ2v) is 12.8. The van der Waals surface area contributed by atoms with E-state index in [2.05, 4.69) is 0 Å². The molecular weight excluding hydrogens is 688 g/mol. The van der Waals surface area contributed by atoms with Gasteiger partial charge in [-0.2, -0.15) is 0 Å². The van der Waals surface area contributed by atoms with E-state index < -0.39 is 36.7 Å². The Labute approximate surface area is 314 Å². The summed E-state index contributed by atoms with van der Waals surface area (Å²) in [7, 11) is 0. The molecule has 0 amide bonds. The fraction of sp³-hybridized carbons (Fsp3) is 0.250. The average Bonchev–Trinajstić information content (AvgIpc) is 3.21. The van der Waals surface area contributed by atoms with Crippen molar-refractivity contribution >= 4 is 12.0 Å². The number of hydrogen-bond donors (Lipinski definition) is 3. The standard InChI is InChI=1S/C44H44O10/c45-40(22-20-32-19-21-37(51-28-34-13-6-2-7-14-34)38(26-32)52-29-35-15-8-3-9-16-35)53-30-39-41(46)42(47)43(48)44(54-39)49-24-23-31-17-10-18-36(25-31)50-27-33-11-4-1-5-12-33/h1-22,25-26,39,41-44,46-48H,23-24,27-30H2/b22-20+. The maximum absolute atomic E-state index is 12.7. The number of rotatable bonds is 17. The van der Waals surface area contributed by atoms with Crippen LogP contribution < -0.4 is 14.2 Å². The van der Waals surface area contributed by atoms with Gasteiger partial charge in [0.25, 0.3) is 0 Å². The summed E-state index contributed by atoms with van der Waals surface area (Å²) in [5.74, 6) is 1.07. The largest absolute Gasteiger partial charge is 0.489 e. The summed E-state index contributed by atoms with van der Waals surface area (Å²) < 4.78 is 35.0. The summed E-state index contributed by atoms with van der Waals surface area (Å²) in [5, 5.41) is 31.7. The maximum atomic E-state index is 12.7. The fourth-order valence-corrected chi connectivity index (χ4v) is 5.72. The summed E-state index contributed by atoms with van der Waals surface area (Å²) in [5.41, 5.74) is 4.66. The Morgan fingerprint density at radius 2 is 1.20 bits per heavy atom. The highest BCUT2D eigenvalue weighted by molar-refractivity contribution is 5.87. The van der Waals surface area contributed by atoms with Crippen molar-refractivity contribution in [2.45, 2.75) is 56.9 Å². The lowest BCUT2D eigenvalue weighted by molar-refractivity contribution is -0.301. The van der Waals surface area contributed by atoms with E-state index >= 15 is 0 Å². The zero-order chi connectivity index (χ0) is 37.5. The topological polar surface area (TPSA) is 133 Å². The molecule has 280 valence electrons. The molecule has 5 atom stereocenters. The van der Waals surface area contributed by atoms with Crippen LogP contribution in [0.1, 0.15) is 27.8 Å². The van der Waals surface area contributed by atoms with Gasteiger partial charge in [-0.25, -0.2) is 4.79 Å². The predicted molar refractivity (Wildman–Crippen MR) is 202 cm³/mol. The van der Waals surface area contributed by atoms with Gasteiger partial charge in [0.2, 0.25) is 0 Å². The molecule has 54 heavy (non-hydrogen) atoms. The third kappa shape index (κ3) is 11.3. The van der Waals surface area contributed by atoms with Crippen LogP contribution >= 0.6 is 0 Å². The zero-order valence-corrected chi connectivity index (χ0v) is 29.7. The fourth-order valence-electron chi connectivity index (χ4n) is 5.72. The summed E-state index contributed by atoms with van der Waals surface area (Å²) in [6.07, 6.45) is -3.70. The Kier molecular flexibility index (Phi) is 13.8. The molecule has 5 aromatic carbocycles. The number of carbonyl (C=O) groups is 1. The molecule has 1 aliphatic rings. The molecule has 0 aromatic heterocycles. The van der Waals surface area contributed by atoms with E-state index in [-0.39, 0.29) is 13.2 Å². The lowest BCUT2D eigenvalue weighted by Gasteiger charge is -2.39. The first kappa shape index (κ1) is 38.2. The van der Waals surface area contributed by atoms with Crippen LogP contribution in [0.3, 0.4) is 0 Å². The number of benzene rings is 5. The van der Waals surface area contributed by atoms with Crippen molar-refractivity contribution in [2.24, 2.45) is 0 Å². The maximum Gasteiger partial charge on any atom is 0.330 e. The highest BCUT2D eigenvalue weighted by Crippen LogP contribution is 2.31. The van der Waals surface area contributed by atoms with Gasteiger partial charge in [0.05, 0.1) is 6.61 Å². The number of hydrogen-bond acceptors (Lipinski definition) is 10. The Hall–Kier alpha value is -5.49. The van der Waals surface area contributed by atoms with E-state index in [4.69, 9.17) is 28.4 Å². The van der Waals surface area contributed by atoms with Crippen molar-refractivity contribution in [2.75, 3.05) is 13.2 Å². The minimum absolute atomic E-state index is 0.148. The normalized spacial score (nSPS) is 19.6. The van der Waals surface area contributed by atoms with Gasteiger partial charge in [0.15, 0.2) is 17.8 Å². The van der Waals surface area contributed by atoms with Gasteiger partial charge in [-0.15, -0.1) is 0 Å². The molecule has 10 heteroatoms. The van der Waals surface area contributed by atoms with Gasteiger partial charge in [0.1, 0.15) is 56.6 Å². The third-order valence-electron chi connectivity index (χ3n) is 8.73. The molecule has 0 saturated carbocycles. The van der Waals surface area contributed by atoms with E-state index in [1.807, 2.05) is 115 Å². The van der Waals surface area contributed by atoms with Crippen LogP contribution in [0.4, 0.5) is 0 Å². The van der Waals surface area contributed by atoms with Gasteiger partial charge in [0, 0.05) is 6.08 Å². The first-order valence-electron chi connectivity index (χ1n) is 17.8. The minimum Gasteiger partial charge on any atom is -0.489 e. The molecule has 0 aliphatic carbocycles. The minimum atomic E-state index is -1.57. The summed E-state index contributed by atoms with van der Waals surface area (Å²) >= 11 is 0. The highest BCUT2D eigenvalue weighted by atomic mass is 16.7. The van der Waals surface area contributed by atoms with Gasteiger partial charge in [-0.05, 0) is 64.6 Å².